The van der Waals surface area contributed by atoms with Crippen LogP contribution in [0.15, 0.2) is 29.2 Å². The maximum absolute atomic E-state index is 4.83. The van der Waals surface area contributed by atoms with E-state index in [-0.39, 0.29) is 0 Å². The second-order valence-electron chi connectivity index (χ2n) is 6.41. The molecule has 3 aromatic rings. The summed E-state index contributed by atoms with van der Waals surface area (Å²) in [5, 5.41) is 6.40. The molecule has 5 nitrogen and oxygen atoms in total. The van der Waals surface area contributed by atoms with Crippen molar-refractivity contribution >= 4 is 33.6 Å². The van der Waals surface area contributed by atoms with Crippen molar-refractivity contribution in [1.82, 2.24) is 19.9 Å². The van der Waals surface area contributed by atoms with Crippen LogP contribution in [0.2, 0.25) is 0 Å². The molecular formula is C18H21N5S2. The molecule has 1 N–H and O–H groups in total. The third-order valence-corrected chi connectivity index (χ3v) is 6.26. The van der Waals surface area contributed by atoms with Gasteiger partial charge in [0.1, 0.15) is 5.82 Å². The largest absolute Gasteiger partial charge is 0.316 e. The topological polar surface area (TPSA) is 53.9 Å². The number of anilines is 2. The van der Waals surface area contributed by atoms with Crippen LogP contribution in [0.4, 0.5) is 10.9 Å². The second kappa shape index (κ2) is 7.19. The Labute approximate surface area is 155 Å². The van der Waals surface area contributed by atoms with Crippen LogP contribution in [0.1, 0.15) is 40.7 Å². The predicted octanol–water partition coefficient (Wildman–Crippen LogP) is 4.69. The van der Waals surface area contributed by atoms with Gasteiger partial charge in [-0.05, 0) is 44.9 Å². The molecule has 0 aromatic carbocycles. The van der Waals surface area contributed by atoms with Crippen molar-refractivity contribution in [1.29, 1.82) is 0 Å². The maximum Gasteiger partial charge on any atom is 0.188 e. The van der Waals surface area contributed by atoms with Gasteiger partial charge in [0.05, 0.1) is 22.9 Å². The molecule has 1 saturated heterocycles. The van der Waals surface area contributed by atoms with Crippen molar-refractivity contribution in [3.05, 3.63) is 51.0 Å². The van der Waals surface area contributed by atoms with Gasteiger partial charge in [-0.2, -0.15) is 0 Å². The monoisotopic (exact) mass is 371 g/mol. The maximum atomic E-state index is 4.83. The van der Waals surface area contributed by atoms with Gasteiger partial charge >= 0.3 is 0 Å². The smallest absolute Gasteiger partial charge is 0.188 e. The van der Waals surface area contributed by atoms with E-state index in [4.69, 9.17) is 4.98 Å². The van der Waals surface area contributed by atoms with Crippen molar-refractivity contribution in [2.45, 2.75) is 39.3 Å². The second-order valence-corrected chi connectivity index (χ2v) is 8.21. The molecule has 7 heteroatoms. The first-order chi connectivity index (χ1) is 12.2. The number of likely N-dealkylation sites (tertiary alicyclic amines) is 1. The van der Waals surface area contributed by atoms with E-state index in [0.29, 0.717) is 6.04 Å². The highest BCUT2D eigenvalue weighted by atomic mass is 32.1. The van der Waals surface area contributed by atoms with E-state index in [9.17, 15) is 0 Å². The zero-order chi connectivity index (χ0) is 17.2. The Kier molecular flexibility index (Phi) is 4.78. The Morgan fingerprint density at radius 3 is 2.92 bits per heavy atom. The fraction of sp³-hybridized carbons (Fsp3) is 0.389. The highest BCUT2D eigenvalue weighted by molar-refractivity contribution is 7.13. The molecule has 25 heavy (non-hydrogen) atoms. The van der Waals surface area contributed by atoms with Crippen molar-refractivity contribution in [3.63, 3.8) is 0 Å². The number of nitrogens with zero attached hydrogens (tertiary/aromatic N) is 4. The lowest BCUT2D eigenvalue weighted by Gasteiger charge is -2.22. The van der Waals surface area contributed by atoms with Gasteiger partial charge in [-0.3, -0.25) is 4.90 Å². The number of hydrogen-bond donors (Lipinski definition) is 1. The Balaban J connectivity index is 1.47. The summed E-state index contributed by atoms with van der Waals surface area (Å²) in [4.78, 5) is 17.5. The van der Waals surface area contributed by atoms with Gasteiger partial charge in [-0.15, -0.1) is 22.7 Å². The summed E-state index contributed by atoms with van der Waals surface area (Å²) in [6.45, 7) is 6.23. The minimum Gasteiger partial charge on any atom is -0.316 e. The molecule has 4 rings (SSSR count). The number of aromatic nitrogens is 3. The number of rotatable bonds is 5. The van der Waals surface area contributed by atoms with E-state index >= 15 is 0 Å². The van der Waals surface area contributed by atoms with E-state index in [1.54, 1.807) is 22.7 Å². The lowest BCUT2D eigenvalue weighted by Crippen LogP contribution is -2.22. The number of nitrogens with one attached hydrogen (secondary N) is 1. The Morgan fingerprint density at radius 2 is 2.16 bits per heavy atom. The Bertz CT molecular complexity index is 839. The van der Waals surface area contributed by atoms with Gasteiger partial charge in [-0.1, -0.05) is 6.07 Å². The number of pyridine rings is 1. The van der Waals surface area contributed by atoms with Crippen LogP contribution in [-0.2, 0) is 6.54 Å². The van der Waals surface area contributed by atoms with Crippen LogP contribution < -0.4 is 5.32 Å². The molecule has 4 heterocycles. The van der Waals surface area contributed by atoms with E-state index in [2.05, 4.69) is 38.6 Å². The summed E-state index contributed by atoms with van der Waals surface area (Å²) in [6.07, 6.45) is 4.26. The Hall–Kier alpha value is -1.83. The molecule has 0 radical (unpaired) electrons. The van der Waals surface area contributed by atoms with E-state index in [0.717, 1.165) is 35.3 Å². The van der Waals surface area contributed by atoms with Gasteiger partial charge in [0, 0.05) is 23.0 Å². The highest BCUT2D eigenvalue weighted by Crippen LogP contribution is 2.35. The highest BCUT2D eigenvalue weighted by Gasteiger charge is 2.28. The van der Waals surface area contributed by atoms with Gasteiger partial charge in [-0.25, -0.2) is 15.0 Å². The third-order valence-electron chi connectivity index (χ3n) is 4.56. The summed E-state index contributed by atoms with van der Waals surface area (Å²) in [5.74, 6) is 0.843. The lowest BCUT2D eigenvalue weighted by atomic mass is 10.1. The minimum atomic E-state index is 0.402. The Morgan fingerprint density at radius 1 is 1.24 bits per heavy atom. The number of thiazole rings is 2. The van der Waals surface area contributed by atoms with Crippen LogP contribution in [0.3, 0.4) is 0 Å². The number of aryl methyl sites for hydroxylation is 2. The number of hydrogen-bond acceptors (Lipinski definition) is 7. The molecule has 1 aliphatic heterocycles. The quantitative estimate of drug-likeness (QED) is 0.705. The zero-order valence-electron chi connectivity index (χ0n) is 14.4. The van der Waals surface area contributed by atoms with Crippen LogP contribution in [-0.4, -0.2) is 26.4 Å². The van der Waals surface area contributed by atoms with Crippen molar-refractivity contribution in [3.8, 4) is 0 Å². The summed E-state index contributed by atoms with van der Waals surface area (Å²) in [7, 11) is 0. The molecule has 0 aliphatic carbocycles. The average molecular weight is 372 g/mol. The van der Waals surface area contributed by atoms with E-state index < -0.39 is 0 Å². The first kappa shape index (κ1) is 16.6. The molecule has 1 aliphatic rings. The van der Waals surface area contributed by atoms with Gasteiger partial charge in [0.2, 0.25) is 0 Å². The van der Waals surface area contributed by atoms with Gasteiger partial charge in [0.25, 0.3) is 0 Å². The zero-order valence-corrected chi connectivity index (χ0v) is 16.0. The van der Waals surface area contributed by atoms with Crippen LogP contribution in [0, 0.1) is 13.8 Å². The van der Waals surface area contributed by atoms with E-state index in [1.165, 1.54) is 23.4 Å². The molecule has 1 fully saturated rings. The van der Waals surface area contributed by atoms with Gasteiger partial charge < -0.3 is 5.32 Å². The van der Waals surface area contributed by atoms with Crippen molar-refractivity contribution in [2.24, 2.45) is 0 Å². The summed E-state index contributed by atoms with van der Waals surface area (Å²) in [5.41, 5.74) is 5.42. The first-order valence-electron chi connectivity index (χ1n) is 8.47. The molecule has 0 spiro atoms. The lowest BCUT2D eigenvalue weighted by molar-refractivity contribution is 0.247. The minimum absolute atomic E-state index is 0.402. The first-order valence-corrected chi connectivity index (χ1v) is 10.2. The van der Waals surface area contributed by atoms with Crippen LogP contribution in [0.25, 0.3) is 0 Å². The van der Waals surface area contributed by atoms with Crippen molar-refractivity contribution < 1.29 is 0 Å². The molecule has 3 aromatic heterocycles. The molecule has 0 unspecified atom stereocenters. The molecule has 130 valence electrons. The fourth-order valence-corrected chi connectivity index (χ4v) is 4.73. The standard InChI is InChI=1S/C18H21N5S2/c1-12-5-6-17(19-8-12)22-18-21-14(10-24-18)15-4-3-7-23(15)9-16-13(2)20-11-25-16/h5-6,8,10-11,15H,3-4,7,9H2,1-2H3,(H,19,21,22)/t15-/m0/s1. The van der Waals surface area contributed by atoms with Gasteiger partial charge in [0.15, 0.2) is 5.13 Å². The fourth-order valence-electron chi connectivity index (χ4n) is 3.16. The molecule has 0 saturated carbocycles. The predicted molar refractivity (Wildman–Crippen MR) is 104 cm³/mol. The molecule has 0 bridgehead atoms. The van der Waals surface area contributed by atoms with E-state index in [1.807, 2.05) is 24.7 Å². The summed E-state index contributed by atoms with van der Waals surface area (Å²) >= 11 is 3.40. The van der Waals surface area contributed by atoms with Crippen molar-refractivity contribution in [2.75, 3.05) is 11.9 Å². The summed E-state index contributed by atoms with van der Waals surface area (Å²) < 4.78 is 0. The molecule has 0 amide bonds. The molecular weight excluding hydrogens is 350 g/mol. The summed E-state index contributed by atoms with van der Waals surface area (Å²) in [6, 6.07) is 4.45. The SMILES string of the molecule is Cc1ccc(Nc2nc([C@@H]3CCCN3Cc3scnc3C)cs2)nc1. The van der Waals surface area contributed by atoms with Crippen LogP contribution in [0.5, 0.6) is 0 Å². The normalized spacial score (nSPS) is 17.9. The molecule has 1 atom stereocenters. The average Bonchev–Trinajstić information content (AvgIpc) is 3.33. The third kappa shape index (κ3) is 3.73. The van der Waals surface area contributed by atoms with Crippen LogP contribution >= 0.6 is 22.7 Å².